The number of fused-ring (bicyclic) bond motifs is 4. The predicted molar refractivity (Wildman–Crippen MR) is 107 cm³/mol. The largest absolute Gasteiger partial charge is 0.373 e. The number of aryl methyl sites for hydroxylation is 2. The highest BCUT2D eigenvalue weighted by atomic mass is 19.2. The van der Waals surface area contributed by atoms with Gasteiger partial charge in [0.2, 0.25) is 0 Å². The zero-order chi connectivity index (χ0) is 21.0. The minimum absolute atomic E-state index is 0.0536. The Morgan fingerprint density at radius 3 is 2.63 bits per heavy atom. The lowest BCUT2D eigenvalue weighted by atomic mass is 9.95. The number of benzene rings is 2. The van der Waals surface area contributed by atoms with Gasteiger partial charge in [0.1, 0.15) is 0 Å². The van der Waals surface area contributed by atoms with Gasteiger partial charge in [0, 0.05) is 23.9 Å². The van der Waals surface area contributed by atoms with Gasteiger partial charge in [-0.05, 0) is 60.0 Å². The van der Waals surface area contributed by atoms with Crippen LogP contribution in [0.25, 0.3) is 10.8 Å². The number of hydrogen-bond acceptors (Lipinski definition) is 3. The first-order valence-corrected chi connectivity index (χ1v) is 9.94. The first-order valence-electron chi connectivity index (χ1n) is 9.94. The first-order chi connectivity index (χ1) is 14.4. The van der Waals surface area contributed by atoms with E-state index in [0.29, 0.717) is 22.2 Å². The first kappa shape index (κ1) is 18.9. The predicted octanol–water partition coefficient (Wildman–Crippen LogP) is 3.64. The van der Waals surface area contributed by atoms with Crippen LogP contribution in [0.1, 0.15) is 45.2 Å². The Balaban J connectivity index is 1.60. The molecule has 0 radical (unpaired) electrons. The summed E-state index contributed by atoms with van der Waals surface area (Å²) < 4.78 is 33.4. The summed E-state index contributed by atoms with van der Waals surface area (Å²) in [7, 11) is 1.66. The number of H-pyrrole nitrogens is 1. The van der Waals surface area contributed by atoms with Gasteiger partial charge in [-0.3, -0.25) is 9.59 Å². The molecule has 2 aliphatic rings. The molecule has 2 aromatic carbocycles. The number of carbonyl (C=O) groups is 1. The second kappa shape index (κ2) is 7.02. The number of hydrogen-bond donors (Lipinski definition) is 1. The fraction of sp³-hybridized carbons (Fsp3) is 0.304. The fourth-order valence-electron chi connectivity index (χ4n) is 4.60. The van der Waals surface area contributed by atoms with Crippen molar-refractivity contribution >= 4 is 16.7 Å². The van der Waals surface area contributed by atoms with Gasteiger partial charge in [-0.2, -0.15) is 0 Å². The number of carbonyl (C=O) groups excluding carboxylic acids is 1. The average molecular weight is 410 g/mol. The zero-order valence-corrected chi connectivity index (χ0v) is 16.4. The lowest BCUT2D eigenvalue weighted by Gasteiger charge is -2.34. The van der Waals surface area contributed by atoms with Crippen molar-refractivity contribution in [2.45, 2.75) is 31.9 Å². The van der Waals surface area contributed by atoms with Gasteiger partial charge >= 0.3 is 0 Å². The lowest BCUT2D eigenvalue weighted by Crippen LogP contribution is -2.37. The number of ether oxygens (including phenoxy) is 1. The van der Waals surface area contributed by atoms with E-state index in [-0.39, 0.29) is 24.5 Å². The van der Waals surface area contributed by atoms with E-state index in [0.717, 1.165) is 31.4 Å². The van der Waals surface area contributed by atoms with E-state index in [1.54, 1.807) is 11.9 Å². The van der Waals surface area contributed by atoms with Crippen molar-refractivity contribution in [1.82, 2.24) is 9.88 Å². The van der Waals surface area contributed by atoms with Gasteiger partial charge in [0.15, 0.2) is 11.6 Å². The van der Waals surface area contributed by atoms with Crippen molar-refractivity contribution in [2.75, 3.05) is 13.7 Å². The minimum atomic E-state index is -1.08. The second-order valence-electron chi connectivity index (χ2n) is 7.94. The molecule has 0 spiro atoms. The molecule has 3 aromatic rings. The molecular weight excluding hydrogens is 390 g/mol. The third-order valence-electron chi connectivity index (χ3n) is 6.17. The van der Waals surface area contributed by atoms with Gasteiger partial charge in [-0.1, -0.05) is 6.07 Å². The number of pyridine rings is 1. The van der Waals surface area contributed by atoms with Crippen LogP contribution in [0.2, 0.25) is 0 Å². The van der Waals surface area contributed by atoms with Crippen molar-refractivity contribution in [3.05, 3.63) is 80.3 Å². The summed E-state index contributed by atoms with van der Waals surface area (Å²) in [6, 6.07) is 7.15. The fourth-order valence-corrected chi connectivity index (χ4v) is 4.60. The molecule has 30 heavy (non-hydrogen) atoms. The van der Waals surface area contributed by atoms with Gasteiger partial charge in [-0.15, -0.1) is 0 Å². The maximum Gasteiger partial charge on any atom is 0.256 e. The molecule has 1 unspecified atom stereocenters. The molecule has 154 valence electrons. The maximum atomic E-state index is 14.0. The Kier molecular flexibility index (Phi) is 4.43. The minimum Gasteiger partial charge on any atom is -0.373 e. The number of aromatic nitrogens is 1. The quantitative estimate of drug-likeness (QED) is 0.702. The van der Waals surface area contributed by atoms with E-state index in [2.05, 4.69) is 4.98 Å². The van der Waals surface area contributed by atoms with Gasteiger partial charge in [0.25, 0.3) is 11.5 Å². The van der Waals surface area contributed by atoms with Crippen LogP contribution in [0.4, 0.5) is 8.78 Å². The summed E-state index contributed by atoms with van der Waals surface area (Å²) in [5, 5.41) is 0.354. The van der Waals surface area contributed by atoms with Crippen molar-refractivity contribution < 1.29 is 18.3 Å². The standard InChI is InChI=1S/C23H20F2N2O3/c1-27(23(29)14-6-5-12-3-2-4-13(12)7-14)20-11-30-10-19-21(20)15-8-17(24)18(25)9-16(15)22(28)26-19/h5-9,20H,2-4,10-11H2,1H3,(H,26,28). The van der Waals surface area contributed by atoms with Crippen LogP contribution in [0.3, 0.4) is 0 Å². The Morgan fingerprint density at radius 1 is 1.10 bits per heavy atom. The highest BCUT2D eigenvalue weighted by molar-refractivity contribution is 5.95. The van der Waals surface area contributed by atoms with Gasteiger partial charge < -0.3 is 14.6 Å². The van der Waals surface area contributed by atoms with Crippen molar-refractivity contribution in [3.63, 3.8) is 0 Å². The molecule has 1 N–H and O–H groups in total. The van der Waals surface area contributed by atoms with Crippen LogP contribution < -0.4 is 5.56 Å². The number of rotatable bonds is 2. The number of nitrogens with zero attached hydrogens (tertiary/aromatic N) is 1. The van der Waals surface area contributed by atoms with Crippen molar-refractivity contribution in [1.29, 1.82) is 0 Å². The molecule has 5 nitrogen and oxygen atoms in total. The van der Waals surface area contributed by atoms with Gasteiger partial charge in [0.05, 0.1) is 24.6 Å². The topological polar surface area (TPSA) is 62.4 Å². The van der Waals surface area contributed by atoms with E-state index < -0.39 is 23.2 Å². The van der Waals surface area contributed by atoms with E-state index in [9.17, 15) is 18.4 Å². The van der Waals surface area contributed by atoms with Crippen molar-refractivity contribution in [2.24, 2.45) is 0 Å². The number of aromatic amines is 1. The lowest BCUT2D eigenvalue weighted by molar-refractivity contribution is 0.0335. The average Bonchev–Trinajstić information content (AvgIpc) is 3.21. The molecule has 0 saturated heterocycles. The molecule has 0 bridgehead atoms. The molecule has 1 aliphatic heterocycles. The zero-order valence-electron chi connectivity index (χ0n) is 16.4. The SMILES string of the molecule is CN(C(=O)c1ccc2c(c1)CCC2)C1COCc2[nH]c(=O)c3cc(F)c(F)cc3c21. The Labute approximate surface area is 171 Å². The monoisotopic (exact) mass is 410 g/mol. The normalized spacial score (nSPS) is 17.6. The molecule has 0 fully saturated rings. The van der Waals surface area contributed by atoms with Crippen molar-refractivity contribution in [3.8, 4) is 0 Å². The van der Waals surface area contributed by atoms with Crippen LogP contribution in [-0.4, -0.2) is 29.4 Å². The second-order valence-corrected chi connectivity index (χ2v) is 7.94. The Bertz CT molecular complexity index is 1250. The Hall–Kier alpha value is -3.06. The highest BCUT2D eigenvalue weighted by Crippen LogP contribution is 2.34. The summed E-state index contributed by atoms with van der Waals surface area (Å²) in [4.78, 5) is 29.9. The third kappa shape index (κ3) is 2.92. The van der Waals surface area contributed by atoms with Crippen LogP contribution in [0.5, 0.6) is 0 Å². The summed E-state index contributed by atoms with van der Waals surface area (Å²) in [6.07, 6.45) is 3.09. The molecular formula is C23H20F2N2O3. The Morgan fingerprint density at radius 2 is 1.83 bits per heavy atom. The number of nitrogens with one attached hydrogen (secondary N) is 1. The molecule has 2 heterocycles. The van der Waals surface area contributed by atoms with E-state index in [4.69, 9.17) is 4.74 Å². The highest BCUT2D eigenvalue weighted by Gasteiger charge is 2.31. The molecule has 1 aromatic heterocycles. The third-order valence-corrected chi connectivity index (χ3v) is 6.17. The van der Waals surface area contributed by atoms with Crippen LogP contribution in [0, 0.1) is 11.6 Å². The molecule has 1 amide bonds. The molecule has 1 atom stereocenters. The van der Waals surface area contributed by atoms with E-state index in [1.807, 2.05) is 18.2 Å². The summed E-state index contributed by atoms with van der Waals surface area (Å²) in [6.45, 7) is 0.331. The van der Waals surface area contributed by atoms with Crippen LogP contribution in [0.15, 0.2) is 35.1 Å². The molecule has 1 aliphatic carbocycles. The van der Waals surface area contributed by atoms with E-state index in [1.165, 1.54) is 11.1 Å². The van der Waals surface area contributed by atoms with Crippen LogP contribution in [-0.2, 0) is 24.2 Å². The summed E-state index contributed by atoms with van der Waals surface area (Å²) >= 11 is 0. The smallest absolute Gasteiger partial charge is 0.256 e. The maximum absolute atomic E-state index is 14.0. The number of likely N-dealkylation sites (N-methyl/N-ethyl adjacent to an activating group) is 1. The van der Waals surface area contributed by atoms with Crippen LogP contribution >= 0.6 is 0 Å². The molecule has 0 saturated carbocycles. The van der Waals surface area contributed by atoms with E-state index >= 15 is 0 Å². The molecule has 7 heteroatoms. The molecule has 5 rings (SSSR count). The summed E-state index contributed by atoms with van der Waals surface area (Å²) in [5.74, 6) is -2.31. The van der Waals surface area contributed by atoms with Gasteiger partial charge in [-0.25, -0.2) is 8.78 Å². The number of amides is 1. The number of halogens is 2. The summed E-state index contributed by atoms with van der Waals surface area (Å²) in [5.41, 5.74) is 3.61.